The summed E-state index contributed by atoms with van der Waals surface area (Å²) in [4.78, 5) is 23.0. The number of guanidine groups is 1. The molecule has 21 heavy (non-hydrogen) atoms. The minimum absolute atomic E-state index is 0. The van der Waals surface area contributed by atoms with Gasteiger partial charge in [-0.15, -0.1) is 35.3 Å². The van der Waals surface area contributed by atoms with Crippen molar-refractivity contribution in [3.05, 3.63) is 15.6 Å². The molecule has 0 unspecified atom stereocenters. The molecule has 0 aliphatic carbocycles. The Kier molecular flexibility index (Phi) is 9.51. The van der Waals surface area contributed by atoms with Gasteiger partial charge >= 0.3 is 0 Å². The minimum Gasteiger partial charge on any atom is -0.357 e. The van der Waals surface area contributed by atoms with Gasteiger partial charge in [-0.1, -0.05) is 0 Å². The summed E-state index contributed by atoms with van der Waals surface area (Å²) >= 11 is 1.67. The first-order valence-corrected chi connectivity index (χ1v) is 7.41. The molecule has 8 heteroatoms. The van der Waals surface area contributed by atoms with Crippen LogP contribution in [0.5, 0.6) is 0 Å². The molecule has 0 atom stereocenters. The fraction of sp³-hybridized carbons (Fsp3) is 0.615. The number of amides is 1. The molecule has 1 aromatic rings. The Bertz CT molecular complexity index is 467. The second-order valence-electron chi connectivity index (χ2n) is 4.59. The zero-order chi connectivity index (χ0) is 15.1. The molecule has 0 saturated heterocycles. The number of nitrogens with one attached hydrogen (secondary N) is 2. The van der Waals surface area contributed by atoms with Crippen molar-refractivity contribution >= 4 is 47.2 Å². The van der Waals surface area contributed by atoms with Crippen LogP contribution < -0.4 is 10.6 Å². The molecule has 0 radical (unpaired) electrons. The maximum Gasteiger partial charge on any atom is 0.243 e. The fourth-order valence-corrected chi connectivity index (χ4v) is 2.28. The molecule has 0 aliphatic rings. The molecule has 0 spiro atoms. The van der Waals surface area contributed by atoms with Crippen LogP contribution in [0.2, 0.25) is 0 Å². The number of carbonyl (C=O) groups is 1. The van der Waals surface area contributed by atoms with E-state index in [9.17, 15) is 4.79 Å². The lowest BCUT2D eigenvalue weighted by Gasteiger charge is -2.11. The van der Waals surface area contributed by atoms with Crippen molar-refractivity contribution in [3.8, 4) is 0 Å². The van der Waals surface area contributed by atoms with Crippen LogP contribution in [0.1, 0.15) is 22.5 Å². The standard InChI is InChI=1S/C13H23N5OS.HI/c1-6-14-13(16-8-12(19)18(4)5)15-7-11-17-9(2)10(3)20-11;/h6-8H2,1-5H3,(H2,14,15,16);1H. The summed E-state index contributed by atoms with van der Waals surface area (Å²) < 4.78 is 0. The van der Waals surface area contributed by atoms with Gasteiger partial charge in [0.1, 0.15) is 11.6 Å². The van der Waals surface area contributed by atoms with E-state index in [1.54, 1.807) is 25.4 Å². The molecule has 0 aliphatic heterocycles. The SMILES string of the molecule is CCNC(=NCC(=O)N(C)C)NCc1nc(C)c(C)s1.I. The summed E-state index contributed by atoms with van der Waals surface area (Å²) in [5.41, 5.74) is 1.07. The average molecular weight is 425 g/mol. The Labute approximate surface area is 147 Å². The number of hydrogen-bond donors (Lipinski definition) is 2. The summed E-state index contributed by atoms with van der Waals surface area (Å²) in [5.74, 6) is 0.608. The summed E-state index contributed by atoms with van der Waals surface area (Å²) in [6.45, 7) is 7.55. The molecule has 120 valence electrons. The molecule has 1 rings (SSSR count). The number of likely N-dealkylation sites (N-methyl/N-ethyl adjacent to an activating group) is 1. The van der Waals surface area contributed by atoms with E-state index >= 15 is 0 Å². The lowest BCUT2D eigenvalue weighted by Crippen LogP contribution is -2.38. The Hall–Kier alpha value is -0.900. The summed E-state index contributed by atoms with van der Waals surface area (Å²) in [5, 5.41) is 7.32. The Morgan fingerprint density at radius 1 is 1.33 bits per heavy atom. The first-order chi connectivity index (χ1) is 9.43. The van der Waals surface area contributed by atoms with Crippen molar-refractivity contribution in [2.24, 2.45) is 4.99 Å². The highest BCUT2D eigenvalue weighted by molar-refractivity contribution is 14.0. The van der Waals surface area contributed by atoms with Gasteiger partial charge in [0, 0.05) is 25.5 Å². The third-order valence-electron chi connectivity index (χ3n) is 2.70. The van der Waals surface area contributed by atoms with Gasteiger partial charge in [-0.2, -0.15) is 0 Å². The van der Waals surface area contributed by atoms with E-state index in [2.05, 4.69) is 27.5 Å². The second kappa shape index (κ2) is 9.93. The van der Waals surface area contributed by atoms with Crippen molar-refractivity contribution < 1.29 is 4.79 Å². The van der Waals surface area contributed by atoms with Gasteiger partial charge in [-0.25, -0.2) is 9.98 Å². The minimum atomic E-state index is -0.0249. The number of hydrogen-bond acceptors (Lipinski definition) is 4. The van der Waals surface area contributed by atoms with Crippen molar-refractivity contribution in [3.63, 3.8) is 0 Å². The highest BCUT2D eigenvalue weighted by atomic mass is 127. The number of thiazole rings is 1. The molecule has 0 saturated carbocycles. The normalized spacial score (nSPS) is 10.8. The van der Waals surface area contributed by atoms with Gasteiger partial charge in [-0.3, -0.25) is 4.79 Å². The Morgan fingerprint density at radius 2 is 2.00 bits per heavy atom. The predicted molar refractivity (Wildman–Crippen MR) is 98.5 cm³/mol. The van der Waals surface area contributed by atoms with E-state index in [1.165, 1.54) is 9.78 Å². The van der Waals surface area contributed by atoms with Crippen LogP contribution in [-0.4, -0.2) is 48.9 Å². The van der Waals surface area contributed by atoms with Crippen LogP contribution in [0.25, 0.3) is 0 Å². The molecule has 1 amide bonds. The first-order valence-electron chi connectivity index (χ1n) is 6.59. The molecule has 0 fully saturated rings. The maximum absolute atomic E-state index is 11.5. The van der Waals surface area contributed by atoms with Gasteiger partial charge in [0.15, 0.2) is 5.96 Å². The quantitative estimate of drug-likeness (QED) is 0.427. The van der Waals surface area contributed by atoms with Crippen molar-refractivity contribution in [1.82, 2.24) is 20.5 Å². The largest absolute Gasteiger partial charge is 0.357 e. The number of rotatable bonds is 5. The number of halogens is 1. The van der Waals surface area contributed by atoms with Crippen LogP contribution >= 0.6 is 35.3 Å². The van der Waals surface area contributed by atoms with Crippen molar-refractivity contribution in [2.45, 2.75) is 27.3 Å². The smallest absolute Gasteiger partial charge is 0.243 e. The predicted octanol–water partition coefficient (Wildman–Crippen LogP) is 1.52. The topological polar surface area (TPSA) is 69.6 Å². The zero-order valence-corrected chi connectivity index (χ0v) is 16.3. The molecule has 1 aromatic heterocycles. The molecule has 0 bridgehead atoms. The van der Waals surface area contributed by atoms with E-state index < -0.39 is 0 Å². The number of aryl methyl sites for hydroxylation is 2. The van der Waals surface area contributed by atoms with Crippen LogP contribution in [0.15, 0.2) is 4.99 Å². The Morgan fingerprint density at radius 3 is 2.48 bits per heavy atom. The van der Waals surface area contributed by atoms with Gasteiger partial charge in [0.25, 0.3) is 0 Å². The summed E-state index contributed by atoms with van der Waals surface area (Å²) in [7, 11) is 3.44. The lowest BCUT2D eigenvalue weighted by atomic mass is 10.4. The van der Waals surface area contributed by atoms with Gasteiger partial charge in [0.2, 0.25) is 5.91 Å². The van der Waals surface area contributed by atoms with E-state index in [-0.39, 0.29) is 36.4 Å². The van der Waals surface area contributed by atoms with E-state index in [0.29, 0.717) is 12.5 Å². The van der Waals surface area contributed by atoms with Crippen LogP contribution in [0.4, 0.5) is 0 Å². The molecule has 1 heterocycles. The molecule has 6 nitrogen and oxygen atoms in total. The third kappa shape index (κ3) is 7.07. The maximum atomic E-state index is 11.5. The molecule has 2 N–H and O–H groups in total. The van der Waals surface area contributed by atoms with E-state index in [0.717, 1.165) is 17.2 Å². The number of nitrogens with zero attached hydrogens (tertiary/aromatic N) is 3. The fourth-order valence-electron chi connectivity index (χ4n) is 1.40. The molecular formula is C13H24IN5OS. The summed E-state index contributed by atoms with van der Waals surface area (Å²) in [6.07, 6.45) is 0. The third-order valence-corrected chi connectivity index (χ3v) is 3.77. The van der Waals surface area contributed by atoms with Gasteiger partial charge in [-0.05, 0) is 20.8 Å². The highest BCUT2D eigenvalue weighted by Crippen LogP contribution is 2.15. The van der Waals surface area contributed by atoms with Crippen LogP contribution in [-0.2, 0) is 11.3 Å². The monoisotopic (exact) mass is 425 g/mol. The lowest BCUT2D eigenvalue weighted by molar-refractivity contribution is -0.127. The average Bonchev–Trinajstić information content (AvgIpc) is 2.71. The van der Waals surface area contributed by atoms with E-state index in [1.807, 2.05) is 13.8 Å². The number of aromatic nitrogens is 1. The van der Waals surface area contributed by atoms with Gasteiger partial charge < -0.3 is 15.5 Å². The number of carbonyl (C=O) groups excluding carboxylic acids is 1. The van der Waals surface area contributed by atoms with E-state index in [4.69, 9.17) is 0 Å². The zero-order valence-electron chi connectivity index (χ0n) is 13.2. The highest BCUT2D eigenvalue weighted by Gasteiger charge is 2.06. The van der Waals surface area contributed by atoms with Crippen LogP contribution in [0.3, 0.4) is 0 Å². The summed E-state index contributed by atoms with van der Waals surface area (Å²) in [6, 6.07) is 0. The second-order valence-corrected chi connectivity index (χ2v) is 5.87. The number of aliphatic imine (C=N–C) groups is 1. The molecular weight excluding hydrogens is 401 g/mol. The first kappa shape index (κ1) is 20.1. The Balaban J connectivity index is 0.00000400. The molecule has 0 aromatic carbocycles. The van der Waals surface area contributed by atoms with Crippen LogP contribution in [0, 0.1) is 13.8 Å². The van der Waals surface area contributed by atoms with Crippen molar-refractivity contribution in [2.75, 3.05) is 27.2 Å². The van der Waals surface area contributed by atoms with Gasteiger partial charge in [0.05, 0.1) is 12.2 Å². The van der Waals surface area contributed by atoms with Crippen molar-refractivity contribution in [1.29, 1.82) is 0 Å².